The van der Waals surface area contributed by atoms with Gasteiger partial charge in [-0.25, -0.2) is 17.4 Å². The lowest BCUT2D eigenvalue weighted by atomic mass is 9.93. The lowest BCUT2D eigenvalue weighted by Gasteiger charge is -2.15. The minimum atomic E-state index is -3.75. The van der Waals surface area contributed by atoms with Crippen LogP contribution in [0.1, 0.15) is 30.7 Å². The Hall–Kier alpha value is -2.78. The molecule has 29 heavy (non-hydrogen) atoms. The van der Waals surface area contributed by atoms with E-state index in [0.717, 1.165) is 30.9 Å². The molecule has 0 radical (unpaired) electrons. The smallest absolute Gasteiger partial charge is 0.269 e. The van der Waals surface area contributed by atoms with Gasteiger partial charge in [-0.1, -0.05) is 31.0 Å². The van der Waals surface area contributed by atoms with Crippen molar-refractivity contribution < 1.29 is 8.42 Å². The summed E-state index contributed by atoms with van der Waals surface area (Å²) >= 11 is 0. The van der Waals surface area contributed by atoms with Crippen LogP contribution in [0.3, 0.4) is 0 Å². The van der Waals surface area contributed by atoms with Crippen LogP contribution in [0.2, 0.25) is 0 Å². The van der Waals surface area contributed by atoms with E-state index in [1.54, 1.807) is 42.7 Å². The van der Waals surface area contributed by atoms with E-state index in [2.05, 4.69) is 27.4 Å². The second-order valence-electron chi connectivity index (χ2n) is 7.58. The summed E-state index contributed by atoms with van der Waals surface area (Å²) < 4.78 is 29.6. The molecule has 2 atom stereocenters. The molecule has 1 fully saturated rings. The number of fused-ring (bicyclic) bond motifs is 3. The van der Waals surface area contributed by atoms with Gasteiger partial charge in [0, 0.05) is 18.7 Å². The molecular weight excluding hydrogens is 388 g/mol. The molecule has 1 N–H and O–H groups in total. The molecular formula is C20H22N6O2S. The molecule has 1 aliphatic heterocycles. The molecule has 0 amide bonds. The van der Waals surface area contributed by atoms with Gasteiger partial charge in [0.2, 0.25) is 0 Å². The Kier molecular flexibility index (Phi) is 4.18. The maximum Gasteiger partial charge on any atom is 0.269 e. The molecule has 3 aromatic heterocycles. The fraction of sp³-hybridized carbons (Fsp3) is 0.350. The van der Waals surface area contributed by atoms with Crippen molar-refractivity contribution >= 4 is 26.8 Å². The predicted octanol–water partition coefficient (Wildman–Crippen LogP) is 2.34. The number of nitrogens with zero attached hydrogens (tertiary/aromatic N) is 5. The fourth-order valence-electron chi connectivity index (χ4n) is 4.17. The molecule has 1 saturated heterocycles. The molecule has 1 aromatic carbocycles. The van der Waals surface area contributed by atoms with Gasteiger partial charge in [0.1, 0.15) is 5.82 Å². The number of hydrogen-bond donors (Lipinski definition) is 1. The Bertz CT molecular complexity index is 1310. The van der Waals surface area contributed by atoms with Crippen molar-refractivity contribution in [3.63, 3.8) is 0 Å². The van der Waals surface area contributed by atoms with Crippen LogP contribution in [0.15, 0.2) is 47.6 Å². The van der Waals surface area contributed by atoms with E-state index in [0.29, 0.717) is 22.7 Å². The van der Waals surface area contributed by atoms with Gasteiger partial charge >= 0.3 is 0 Å². The zero-order valence-corrected chi connectivity index (χ0v) is 17.1. The third-order valence-corrected chi connectivity index (χ3v) is 7.52. The van der Waals surface area contributed by atoms with E-state index in [1.807, 2.05) is 11.3 Å². The first-order valence-corrected chi connectivity index (χ1v) is 11.2. The third-order valence-electron chi connectivity index (χ3n) is 5.84. The number of aryl methyl sites for hydroxylation is 1. The van der Waals surface area contributed by atoms with Gasteiger partial charge in [0.05, 0.1) is 16.6 Å². The van der Waals surface area contributed by atoms with Crippen molar-refractivity contribution in [3.8, 4) is 0 Å². The minimum absolute atomic E-state index is 0.234. The first kappa shape index (κ1) is 18.3. The fourth-order valence-corrected chi connectivity index (χ4v) is 5.47. The Labute approximate surface area is 168 Å². The van der Waals surface area contributed by atoms with Gasteiger partial charge in [-0.2, -0.15) is 0 Å². The summed E-state index contributed by atoms with van der Waals surface area (Å²) in [5.74, 6) is 1.57. The highest BCUT2D eigenvalue weighted by Gasteiger charge is 2.32. The molecule has 8 nitrogen and oxygen atoms in total. The first-order chi connectivity index (χ1) is 14.0. The maximum atomic E-state index is 13.2. The topological polar surface area (TPSA) is 94.2 Å². The Morgan fingerprint density at radius 1 is 1.14 bits per heavy atom. The van der Waals surface area contributed by atoms with Crippen molar-refractivity contribution in [2.45, 2.75) is 31.1 Å². The summed E-state index contributed by atoms with van der Waals surface area (Å²) in [6, 6.07) is 8.60. The van der Waals surface area contributed by atoms with Gasteiger partial charge in [0.25, 0.3) is 10.0 Å². The first-order valence-electron chi connectivity index (χ1n) is 9.74. The van der Waals surface area contributed by atoms with Gasteiger partial charge in [-0.15, -0.1) is 10.2 Å². The van der Waals surface area contributed by atoms with E-state index in [9.17, 15) is 8.42 Å². The molecule has 150 valence electrons. The van der Waals surface area contributed by atoms with Crippen molar-refractivity contribution in [2.75, 3.05) is 13.1 Å². The molecule has 1 aliphatic rings. The highest BCUT2D eigenvalue weighted by Crippen LogP contribution is 2.31. The average Bonchev–Trinajstić information content (AvgIpc) is 3.44. The van der Waals surface area contributed by atoms with Crippen molar-refractivity contribution in [3.05, 3.63) is 54.1 Å². The minimum Gasteiger partial charge on any atom is -0.316 e. The lowest BCUT2D eigenvalue weighted by molar-refractivity contribution is 0.483. The zero-order valence-electron chi connectivity index (χ0n) is 16.3. The lowest BCUT2D eigenvalue weighted by Crippen LogP contribution is -2.14. The molecule has 5 rings (SSSR count). The number of benzene rings is 1. The monoisotopic (exact) mass is 410 g/mol. The SMILES string of the molecule is CC[C@@H]1CNC[C@@H]1c1nnc2cnc3c(ccn3S(=O)(=O)c3ccc(C)cc3)n12. The quantitative estimate of drug-likeness (QED) is 0.555. The van der Waals surface area contributed by atoms with Gasteiger partial charge in [0.15, 0.2) is 11.3 Å². The Morgan fingerprint density at radius 3 is 2.69 bits per heavy atom. The number of hydrogen-bond acceptors (Lipinski definition) is 6. The summed E-state index contributed by atoms with van der Waals surface area (Å²) in [5, 5.41) is 12.2. The van der Waals surface area contributed by atoms with Crippen LogP contribution in [-0.4, -0.2) is 45.1 Å². The molecule has 9 heteroatoms. The van der Waals surface area contributed by atoms with Crippen LogP contribution in [0.4, 0.5) is 0 Å². The highest BCUT2D eigenvalue weighted by atomic mass is 32.2. The van der Waals surface area contributed by atoms with Crippen LogP contribution < -0.4 is 5.32 Å². The standard InChI is InChI=1S/C20H22N6O2S/c1-3-14-10-21-11-16(14)19-24-23-18-12-22-20-17(26(18)19)8-9-25(20)29(27,28)15-6-4-13(2)5-7-15/h4-9,12,14,16,21H,3,10-11H2,1-2H3/t14-,16+/m1/s1. The summed E-state index contributed by atoms with van der Waals surface area (Å²) in [6.45, 7) is 5.89. The van der Waals surface area contributed by atoms with E-state index in [4.69, 9.17) is 0 Å². The number of nitrogens with one attached hydrogen (secondary N) is 1. The number of aromatic nitrogens is 5. The molecule has 0 saturated carbocycles. The summed E-state index contributed by atoms with van der Waals surface area (Å²) in [5.41, 5.74) is 2.70. The normalized spacial score (nSPS) is 20.1. The predicted molar refractivity (Wildman–Crippen MR) is 109 cm³/mol. The van der Waals surface area contributed by atoms with Crippen LogP contribution in [0.5, 0.6) is 0 Å². The average molecular weight is 411 g/mol. The Morgan fingerprint density at radius 2 is 1.93 bits per heavy atom. The van der Waals surface area contributed by atoms with E-state index in [-0.39, 0.29) is 10.8 Å². The van der Waals surface area contributed by atoms with Crippen LogP contribution in [-0.2, 0) is 10.0 Å². The van der Waals surface area contributed by atoms with Crippen molar-refractivity contribution in [2.24, 2.45) is 5.92 Å². The largest absolute Gasteiger partial charge is 0.316 e. The third kappa shape index (κ3) is 2.76. The van der Waals surface area contributed by atoms with Gasteiger partial charge in [-0.05, 0) is 37.6 Å². The maximum absolute atomic E-state index is 13.2. The molecule has 0 bridgehead atoms. The van der Waals surface area contributed by atoms with E-state index in [1.165, 1.54) is 3.97 Å². The van der Waals surface area contributed by atoms with Gasteiger partial charge < -0.3 is 5.32 Å². The summed E-state index contributed by atoms with van der Waals surface area (Å²) in [7, 11) is -3.75. The van der Waals surface area contributed by atoms with Gasteiger partial charge in [-0.3, -0.25) is 4.40 Å². The van der Waals surface area contributed by atoms with Crippen molar-refractivity contribution in [1.29, 1.82) is 0 Å². The van der Waals surface area contributed by atoms with Crippen molar-refractivity contribution in [1.82, 2.24) is 28.9 Å². The Balaban J connectivity index is 1.70. The second-order valence-corrected chi connectivity index (χ2v) is 9.40. The molecule has 4 aromatic rings. The highest BCUT2D eigenvalue weighted by molar-refractivity contribution is 7.90. The second kappa shape index (κ2) is 6.64. The number of rotatable bonds is 4. The van der Waals surface area contributed by atoms with E-state index >= 15 is 0 Å². The molecule has 0 spiro atoms. The summed E-state index contributed by atoms with van der Waals surface area (Å²) in [6.07, 6.45) is 4.19. The van der Waals surface area contributed by atoms with Crippen LogP contribution in [0.25, 0.3) is 16.8 Å². The molecule has 0 unspecified atom stereocenters. The van der Waals surface area contributed by atoms with Crippen LogP contribution in [0, 0.1) is 12.8 Å². The summed E-state index contributed by atoms with van der Waals surface area (Å²) in [4.78, 5) is 4.64. The molecule has 4 heterocycles. The van der Waals surface area contributed by atoms with E-state index < -0.39 is 10.0 Å². The van der Waals surface area contributed by atoms with Crippen LogP contribution >= 0.6 is 0 Å². The molecule has 0 aliphatic carbocycles. The zero-order chi connectivity index (χ0) is 20.2.